The van der Waals surface area contributed by atoms with Crippen molar-refractivity contribution in [2.75, 3.05) is 17.2 Å². The molecule has 3 aromatic heterocycles. The van der Waals surface area contributed by atoms with E-state index in [1.54, 1.807) is 10.8 Å². The Kier molecular flexibility index (Phi) is 4.52. The molecule has 0 aliphatic carbocycles. The van der Waals surface area contributed by atoms with Crippen LogP contribution in [0, 0.1) is 18.3 Å². The van der Waals surface area contributed by atoms with Crippen LogP contribution in [-0.2, 0) is 0 Å². The Labute approximate surface area is 168 Å². The van der Waals surface area contributed by atoms with Gasteiger partial charge in [0.15, 0.2) is 11.5 Å². The number of hydrogen-bond donors (Lipinski definition) is 3. The van der Waals surface area contributed by atoms with Crippen molar-refractivity contribution in [2.24, 2.45) is 0 Å². The second-order valence-corrected chi connectivity index (χ2v) is 7.90. The van der Waals surface area contributed by atoms with E-state index < -0.39 is 0 Å². The second-order valence-electron chi connectivity index (χ2n) is 7.90. The van der Waals surface area contributed by atoms with Gasteiger partial charge in [-0.3, -0.25) is 10.00 Å². The van der Waals surface area contributed by atoms with Crippen molar-refractivity contribution >= 4 is 23.2 Å². The van der Waals surface area contributed by atoms with Gasteiger partial charge in [0.25, 0.3) is 0 Å². The zero-order valence-electron chi connectivity index (χ0n) is 16.3. The maximum atomic E-state index is 8.92. The number of piperidine rings is 1. The third-order valence-corrected chi connectivity index (χ3v) is 5.93. The van der Waals surface area contributed by atoms with Crippen LogP contribution in [0.1, 0.15) is 37.8 Å². The van der Waals surface area contributed by atoms with Gasteiger partial charge in [-0.25, -0.2) is 4.98 Å². The van der Waals surface area contributed by atoms with E-state index in [1.807, 2.05) is 19.1 Å². The molecular formula is C19H24N10. The molecule has 2 fully saturated rings. The van der Waals surface area contributed by atoms with Crippen molar-refractivity contribution in [3.8, 4) is 6.07 Å². The van der Waals surface area contributed by atoms with Gasteiger partial charge < -0.3 is 10.6 Å². The van der Waals surface area contributed by atoms with Gasteiger partial charge >= 0.3 is 0 Å². The minimum Gasteiger partial charge on any atom is -0.351 e. The molecule has 0 saturated carbocycles. The zero-order chi connectivity index (χ0) is 19.8. The maximum Gasteiger partial charge on any atom is 0.228 e. The topological polar surface area (TPSA) is 123 Å². The first kappa shape index (κ1) is 17.9. The number of nitrogens with one attached hydrogen (secondary N) is 3. The van der Waals surface area contributed by atoms with Gasteiger partial charge in [0, 0.05) is 48.9 Å². The highest BCUT2D eigenvalue weighted by atomic mass is 15.4. The molecule has 3 N–H and O–H groups in total. The van der Waals surface area contributed by atoms with Crippen LogP contribution in [0.15, 0.2) is 18.5 Å². The highest BCUT2D eigenvalue weighted by molar-refractivity contribution is 5.60. The molecule has 1 unspecified atom stereocenters. The average molecular weight is 392 g/mol. The fourth-order valence-corrected chi connectivity index (χ4v) is 4.72. The lowest BCUT2D eigenvalue weighted by Gasteiger charge is -2.38. The molecule has 150 valence electrons. The van der Waals surface area contributed by atoms with Crippen LogP contribution in [0.25, 0.3) is 5.65 Å². The number of fused-ring (bicyclic) bond motifs is 3. The molecule has 0 amide bonds. The Bertz CT molecular complexity index is 1030. The molecule has 10 nitrogen and oxygen atoms in total. The summed E-state index contributed by atoms with van der Waals surface area (Å²) in [5, 5.41) is 27.2. The summed E-state index contributed by atoms with van der Waals surface area (Å²) in [4.78, 5) is 11.6. The van der Waals surface area contributed by atoms with Crippen LogP contribution in [0.2, 0.25) is 0 Å². The van der Waals surface area contributed by atoms with Gasteiger partial charge in [0.1, 0.15) is 12.1 Å². The third-order valence-electron chi connectivity index (χ3n) is 5.93. The summed E-state index contributed by atoms with van der Waals surface area (Å²) in [6.07, 6.45) is 6.67. The molecule has 2 saturated heterocycles. The quantitative estimate of drug-likeness (QED) is 0.583. The summed E-state index contributed by atoms with van der Waals surface area (Å²) >= 11 is 0. The summed E-state index contributed by atoms with van der Waals surface area (Å²) in [7, 11) is 0. The summed E-state index contributed by atoms with van der Waals surface area (Å²) < 4.78 is 1.74. The predicted molar refractivity (Wildman–Crippen MR) is 108 cm³/mol. The molecule has 2 aliphatic heterocycles. The number of nitriles is 1. The molecular weight excluding hydrogens is 368 g/mol. The van der Waals surface area contributed by atoms with E-state index in [-0.39, 0.29) is 0 Å². The average Bonchev–Trinajstić information content (AvgIpc) is 3.39. The third kappa shape index (κ3) is 3.49. The molecule has 5 heterocycles. The molecule has 10 heteroatoms. The van der Waals surface area contributed by atoms with Gasteiger partial charge in [0.2, 0.25) is 5.95 Å². The van der Waals surface area contributed by atoms with E-state index in [0.29, 0.717) is 42.1 Å². The Morgan fingerprint density at radius 3 is 2.79 bits per heavy atom. The first-order valence-corrected chi connectivity index (χ1v) is 10.1. The molecule has 0 aromatic carbocycles. The lowest BCUT2D eigenvalue weighted by atomic mass is 9.97. The molecule has 29 heavy (non-hydrogen) atoms. The molecule has 0 radical (unpaired) electrons. The molecule has 0 spiro atoms. The zero-order valence-corrected chi connectivity index (χ0v) is 16.3. The molecule has 2 bridgehead atoms. The highest BCUT2D eigenvalue weighted by Crippen LogP contribution is 2.36. The summed E-state index contributed by atoms with van der Waals surface area (Å²) in [5.41, 5.74) is 1.71. The number of nitrogens with zero attached hydrogens (tertiary/aromatic N) is 7. The Morgan fingerprint density at radius 2 is 2.07 bits per heavy atom. The number of anilines is 3. The van der Waals surface area contributed by atoms with E-state index in [9.17, 15) is 0 Å². The van der Waals surface area contributed by atoms with Crippen molar-refractivity contribution in [1.29, 1.82) is 5.26 Å². The van der Waals surface area contributed by atoms with E-state index >= 15 is 0 Å². The summed E-state index contributed by atoms with van der Waals surface area (Å²) in [6.45, 7) is 2.84. The number of aryl methyl sites for hydroxylation is 1. The first-order valence-electron chi connectivity index (χ1n) is 10.1. The van der Waals surface area contributed by atoms with Crippen molar-refractivity contribution < 1.29 is 0 Å². The summed E-state index contributed by atoms with van der Waals surface area (Å²) in [5.74, 6) is 2.08. The van der Waals surface area contributed by atoms with Crippen LogP contribution in [0.4, 0.5) is 17.6 Å². The van der Waals surface area contributed by atoms with E-state index in [0.717, 1.165) is 30.7 Å². The number of aromatic amines is 1. The minimum atomic E-state index is 0.327. The largest absolute Gasteiger partial charge is 0.351 e. The fraction of sp³-hybridized carbons (Fsp3) is 0.526. The molecule has 3 atom stereocenters. The van der Waals surface area contributed by atoms with Crippen molar-refractivity contribution in [2.45, 2.75) is 57.2 Å². The van der Waals surface area contributed by atoms with Crippen molar-refractivity contribution in [1.82, 2.24) is 34.7 Å². The monoisotopic (exact) mass is 392 g/mol. The Morgan fingerprint density at radius 1 is 1.24 bits per heavy atom. The number of hydrogen-bond acceptors (Lipinski definition) is 8. The number of H-pyrrole nitrogens is 1. The van der Waals surface area contributed by atoms with Crippen LogP contribution in [0.5, 0.6) is 0 Å². The lowest BCUT2D eigenvalue weighted by molar-refractivity contribution is 0.135. The van der Waals surface area contributed by atoms with Gasteiger partial charge in [-0.1, -0.05) is 0 Å². The van der Waals surface area contributed by atoms with Gasteiger partial charge in [-0.15, -0.1) is 0 Å². The smallest absolute Gasteiger partial charge is 0.228 e. The number of aromatic nitrogens is 6. The Balaban J connectivity index is 1.35. The first-order chi connectivity index (χ1) is 14.2. The van der Waals surface area contributed by atoms with Gasteiger partial charge in [-0.2, -0.15) is 25.0 Å². The minimum absolute atomic E-state index is 0.327. The van der Waals surface area contributed by atoms with Gasteiger partial charge in [-0.05, 0) is 32.6 Å². The predicted octanol–water partition coefficient (Wildman–Crippen LogP) is 2.22. The van der Waals surface area contributed by atoms with Crippen LogP contribution < -0.4 is 10.6 Å². The number of rotatable bonds is 6. The fourth-order valence-electron chi connectivity index (χ4n) is 4.72. The van der Waals surface area contributed by atoms with Crippen LogP contribution >= 0.6 is 0 Å². The second kappa shape index (κ2) is 7.33. The highest BCUT2D eigenvalue weighted by Gasteiger charge is 2.40. The SMILES string of the molecule is Cc1cc(Nc2cc3ncnn3c(N[C@@H]3CC4CC[C@@H](C3)N4CCC#N)n2)n[nH]1. The van der Waals surface area contributed by atoms with Crippen LogP contribution in [-0.4, -0.2) is 59.3 Å². The Hall–Kier alpha value is -3.19. The maximum absolute atomic E-state index is 8.92. The van der Waals surface area contributed by atoms with Crippen molar-refractivity contribution in [3.05, 3.63) is 24.2 Å². The van der Waals surface area contributed by atoms with Gasteiger partial charge in [0.05, 0.1) is 6.07 Å². The lowest BCUT2D eigenvalue weighted by Crippen LogP contribution is -2.47. The molecule has 5 rings (SSSR count). The van der Waals surface area contributed by atoms with Crippen LogP contribution in [0.3, 0.4) is 0 Å². The normalized spacial score (nSPS) is 23.9. The van der Waals surface area contributed by atoms with E-state index in [1.165, 1.54) is 12.8 Å². The van der Waals surface area contributed by atoms with Crippen molar-refractivity contribution in [3.63, 3.8) is 0 Å². The van der Waals surface area contributed by atoms with E-state index in [2.05, 4.69) is 41.9 Å². The van der Waals surface area contributed by atoms with E-state index in [4.69, 9.17) is 10.2 Å². The molecule has 3 aromatic rings. The summed E-state index contributed by atoms with van der Waals surface area (Å²) in [6, 6.07) is 7.47. The molecule has 2 aliphatic rings. The standard InChI is InChI=1S/C19H24N10/c1-12-7-17(27-26-12)24-16-10-18-21-11-22-29(18)19(25-16)23-13-8-14-3-4-15(9-13)28(14)6-2-5-20/h7,10-11,13-15H,2-4,6,8-9H2,1H3,(H,23,25)(H2,24,26,27)/t13-,14-,15?/m0/s1.